The highest BCUT2D eigenvalue weighted by Crippen LogP contribution is 2.16. The number of benzene rings is 1. The van der Waals surface area contributed by atoms with Crippen LogP contribution in [-0.2, 0) is 13.6 Å². The van der Waals surface area contributed by atoms with Gasteiger partial charge in [0, 0.05) is 12.6 Å². The molecule has 1 heterocycles. The van der Waals surface area contributed by atoms with Crippen LogP contribution in [-0.4, -0.2) is 14.8 Å². The van der Waals surface area contributed by atoms with Gasteiger partial charge in [-0.2, -0.15) is 5.10 Å². The van der Waals surface area contributed by atoms with Gasteiger partial charge in [0.2, 0.25) is 0 Å². The summed E-state index contributed by atoms with van der Waals surface area (Å²) >= 11 is 0. The molecular weight excluding hydrogens is 188 g/mol. The number of hydrogen-bond acceptors (Lipinski definition) is 3. The van der Waals surface area contributed by atoms with Gasteiger partial charge in [0.05, 0.1) is 6.54 Å². The Bertz CT molecular complexity index is 473. The zero-order valence-electron chi connectivity index (χ0n) is 8.94. The van der Waals surface area contributed by atoms with Crippen molar-refractivity contribution in [3.05, 3.63) is 35.7 Å². The third-order valence-corrected chi connectivity index (χ3v) is 2.31. The van der Waals surface area contributed by atoms with Crippen molar-refractivity contribution in [1.82, 2.24) is 14.8 Å². The molecule has 4 nitrogen and oxygen atoms in total. The molecule has 0 saturated heterocycles. The van der Waals surface area contributed by atoms with Crippen LogP contribution in [0.15, 0.2) is 24.3 Å². The largest absolute Gasteiger partial charge is 0.324 e. The third kappa shape index (κ3) is 1.89. The topological polar surface area (TPSA) is 56.7 Å². The second-order valence-electron chi connectivity index (χ2n) is 3.55. The Kier molecular flexibility index (Phi) is 2.51. The van der Waals surface area contributed by atoms with Gasteiger partial charge in [-0.25, -0.2) is 4.98 Å². The molecule has 0 fully saturated rings. The van der Waals surface area contributed by atoms with E-state index in [0.717, 1.165) is 17.2 Å². The second kappa shape index (κ2) is 3.82. The first kappa shape index (κ1) is 9.86. The molecular formula is C11H14N4. The van der Waals surface area contributed by atoms with E-state index in [0.29, 0.717) is 6.54 Å². The first-order valence-electron chi connectivity index (χ1n) is 4.87. The van der Waals surface area contributed by atoms with Crippen LogP contribution < -0.4 is 5.73 Å². The first-order chi connectivity index (χ1) is 7.20. The highest BCUT2D eigenvalue weighted by Gasteiger charge is 2.07. The molecule has 0 aliphatic rings. The van der Waals surface area contributed by atoms with E-state index in [1.165, 1.54) is 5.56 Å². The van der Waals surface area contributed by atoms with Gasteiger partial charge in [0.1, 0.15) is 5.82 Å². The summed E-state index contributed by atoms with van der Waals surface area (Å²) in [6, 6.07) is 8.12. The van der Waals surface area contributed by atoms with Crippen molar-refractivity contribution in [3.8, 4) is 11.4 Å². The van der Waals surface area contributed by atoms with Crippen molar-refractivity contribution in [1.29, 1.82) is 0 Å². The zero-order chi connectivity index (χ0) is 10.8. The molecule has 1 aromatic carbocycles. The van der Waals surface area contributed by atoms with E-state index in [2.05, 4.69) is 29.1 Å². The summed E-state index contributed by atoms with van der Waals surface area (Å²) in [7, 11) is 1.86. The van der Waals surface area contributed by atoms with Crippen molar-refractivity contribution in [2.24, 2.45) is 12.8 Å². The lowest BCUT2D eigenvalue weighted by Crippen LogP contribution is -2.05. The lowest BCUT2D eigenvalue weighted by molar-refractivity contribution is 0.703. The Hall–Kier alpha value is -1.68. The van der Waals surface area contributed by atoms with Gasteiger partial charge in [-0.15, -0.1) is 0 Å². The Morgan fingerprint density at radius 3 is 2.80 bits per heavy atom. The quantitative estimate of drug-likeness (QED) is 0.797. The van der Waals surface area contributed by atoms with Gasteiger partial charge in [0.15, 0.2) is 5.82 Å². The molecule has 0 saturated carbocycles. The standard InChI is InChI=1S/C11H14N4/c1-8-4-3-5-9(6-8)11-13-10(7-12)15(2)14-11/h3-6H,7,12H2,1-2H3. The maximum absolute atomic E-state index is 5.55. The van der Waals surface area contributed by atoms with Gasteiger partial charge >= 0.3 is 0 Å². The summed E-state index contributed by atoms with van der Waals surface area (Å²) in [5.74, 6) is 1.54. The van der Waals surface area contributed by atoms with E-state index in [1.807, 2.05) is 19.2 Å². The molecule has 0 aliphatic carbocycles. The smallest absolute Gasteiger partial charge is 0.181 e. The van der Waals surface area contributed by atoms with Crippen LogP contribution in [0.5, 0.6) is 0 Å². The number of hydrogen-bond donors (Lipinski definition) is 1. The van der Waals surface area contributed by atoms with Crippen molar-refractivity contribution >= 4 is 0 Å². The minimum atomic E-state index is 0.412. The summed E-state index contributed by atoms with van der Waals surface area (Å²) in [6.07, 6.45) is 0. The SMILES string of the molecule is Cc1cccc(-c2nc(CN)n(C)n2)c1. The molecule has 0 unspecified atom stereocenters. The summed E-state index contributed by atoms with van der Waals surface area (Å²) in [5.41, 5.74) is 7.78. The van der Waals surface area contributed by atoms with E-state index in [-0.39, 0.29) is 0 Å². The van der Waals surface area contributed by atoms with Crippen LogP contribution in [0.3, 0.4) is 0 Å². The molecule has 4 heteroatoms. The fourth-order valence-corrected chi connectivity index (χ4v) is 1.50. The fourth-order valence-electron chi connectivity index (χ4n) is 1.50. The van der Waals surface area contributed by atoms with E-state index in [9.17, 15) is 0 Å². The Labute approximate surface area is 88.8 Å². The van der Waals surface area contributed by atoms with Crippen LogP contribution in [0, 0.1) is 6.92 Å². The molecule has 1 aromatic heterocycles. The second-order valence-corrected chi connectivity index (χ2v) is 3.55. The lowest BCUT2D eigenvalue weighted by Gasteiger charge is -1.95. The Morgan fingerprint density at radius 1 is 1.40 bits per heavy atom. The normalized spacial score (nSPS) is 10.6. The van der Waals surface area contributed by atoms with Crippen molar-refractivity contribution in [3.63, 3.8) is 0 Å². The van der Waals surface area contributed by atoms with Gasteiger partial charge in [0.25, 0.3) is 0 Å². The van der Waals surface area contributed by atoms with Crippen molar-refractivity contribution < 1.29 is 0 Å². The van der Waals surface area contributed by atoms with Gasteiger partial charge in [-0.1, -0.05) is 23.8 Å². The van der Waals surface area contributed by atoms with Crippen LogP contribution in [0.1, 0.15) is 11.4 Å². The molecule has 2 aromatic rings. The minimum Gasteiger partial charge on any atom is -0.324 e. The van der Waals surface area contributed by atoms with E-state index in [4.69, 9.17) is 5.73 Å². The number of rotatable bonds is 2. The zero-order valence-corrected chi connectivity index (χ0v) is 8.94. The van der Waals surface area contributed by atoms with Crippen LogP contribution in [0.4, 0.5) is 0 Å². The molecule has 0 radical (unpaired) electrons. The average Bonchev–Trinajstić information content (AvgIpc) is 2.60. The summed E-state index contributed by atoms with van der Waals surface area (Å²) in [6.45, 7) is 2.46. The predicted octanol–water partition coefficient (Wildman–Crippen LogP) is 1.25. The number of aromatic nitrogens is 3. The summed E-state index contributed by atoms with van der Waals surface area (Å²) < 4.78 is 1.72. The number of nitrogens with two attached hydrogens (primary N) is 1. The highest BCUT2D eigenvalue weighted by molar-refractivity contribution is 5.55. The van der Waals surface area contributed by atoms with Gasteiger partial charge in [-0.3, -0.25) is 4.68 Å². The summed E-state index contributed by atoms with van der Waals surface area (Å²) in [5, 5.41) is 4.32. The first-order valence-corrected chi connectivity index (χ1v) is 4.87. The van der Waals surface area contributed by atoms with Crippen LogP contribution >= 0.6 is 0 Å². The molecule has 0 aliphatic heterocycles. The third-order valence-electron chi connectivity index (χ3n) is 2.31. The lowest BCUT2D eigenvalue weighted by atomic mass is 10.1. The number of aryl methyl sites for hydroxylation is 2. The Balaban J connectivity index is 2.45. The van der Waals surface area contributed by atoms with Crippen LogP contribution in [0.2, 0.25) is 0 Å². The predicted molar refractivity (Wildman–Crippen MR) is 59.1 cm³/mol. The maximum atomic E-state index is 5.55. The molecule has 0 amide bonds. The Morgan fingerprint density at radius 2 is 2.20 bits per heavy atom. The maximum Gasteiger partial charge on any atom is 0.181 e. The molecule has 0 bridgehead atoms. The molecule has 15 heavy (non-hydrogen) atoms. The van der Waals surface area contributed by atoms with Crippen molar-refractivity contribution in [2.75, 3.05) is 0 Å². The van der Waals surface area contributed by atoms with Crippen LogP contribution in [0.25, 0.3) is 11.4 Å². The monoisotopic (exact) mass is 202 g/mol. The van der Waals surface area contributed by atoms with E-state index in [1.54, 1.807) is 4.68 Å². The number of nitrogens with zero attached hydrogens (tertiary/aromatic N) is 3. The van der Waals surface area contributed by atoms with E-state index < -0.39 is 0 Å². The molecule has 0 atom stereocenters. The summed E-state index contributed by atoms with van der Waals surface area (Å²) in [4.78, 5) is 4.37. The molecule has 2 rings (SSSR count). The minimum absolute atomic E-state index is 0.412. The molecule has 0 spiro atoms. The van der Waals surface area contributed by atoms with Crippen molar-refractivity contribution in [2.45, 2.75) is 13.5 Å². The molecule has 78 valence electrons. The highest BCUT2D eigenvalue weighted by atomic mass is 15.3. The fraction of sp³-hybridized carbons (Fsp3) is 0.273. The average molecular weight is 202 g/mol. The molecule has 2 N–H and O–H groups in total. The van der Waals surface area contributed by atoms with Gasteiger partial charge < -0.3 is 5.73 Å². The van der Waals surface area contributed by atoms with Gasteiger partial charge in [-0.05, 0) is 13.0 Å². The van der Waals surface area contributed by atoms with E-state index >= 15 is 0 Å².